The molecule has 124 valence electrons. The molecule has 7 heteroatoms. The molecule has 0 spiro atoms. The van der Waals surface area contributed by atoms with Crippen LogP contribution in [-0.4, -0.2) is 21.6 Å². The van der Waals surface area contributed by atoms with Crippen LogP contribution in [0.2, 0.25) is 5.02 Å². The maximum absolute atomic E-state index is 12.6. The van der Waals surface area contributed by atoms with E-state index in [4.69, 9.17) is 21.1 Å². The number of anilines is 1. The second kappa shape index (κ2) is 7.10. The van der Waals surface area contributed by atoms with Gasteiger partial charge in [-0.3, -0.25) is 4.72 Å². The summed E-state index contributed by atoms with van der Waals surface area (Å²) >= 11 is 5.90. The summed E-state index contributed by atoms with van der Waals surface area (Å²) in [5.41, 5.74) is 0.394. The Morgan fingerprint density at radius 1 is 1.13 bits per heavy atom. The lowest BCUT2D eigenvalue weighted by Gasteiger charge is -2.14. The molecule has 23 heavy (non-hydrogen) atoms. The third-order valence-electron chi connectivity index (χ3n) is 2.87. The number of hydrogen-bond donors (Lipinski definition) is 1. The van der Waals surface area contributed by atoms with Crippen LogP contribution in [0.25, 0.3) is 0 Å². The standard InChI is InChI=1S/C16H18ClNO4S/c1-11(2)22-14-6-4-5-13(10-14)18-23(19,20)16-9-12(17)7-8-15(16)21-3/h4-11,18H,1-3H3. The smallest absolute Gasteiger partial charge is 0.265 e. The number of sulfonamides is 1. The molecular weight excluding hydrogens is 338 g/mol. The van der Waals surface area contributed by atoms with Crippen LogP contribution in [0, 0.1) is 0 Å². The highest BCUT2D eigenvalue weighted by atomic mass is 35.5. The van der Waals surface area contributed by atoms with E-state index in [1.54, 1.807) is 30.3 Å². The summed E-state index contributed by atoms with van der Waals surface area (Å²) in [7, 11) is -2.44. The van der Waals surface area contributed by atoms with Crippen molar-refractivity contribution in [2.24, 2.45) is 0 Å². The average Bonchev–Trinajstić information content (AvgIpc) is 2.46. The number of halogens is 1. The molecule has 5 nitrogen and oxygen atoms in total. The van der Waals surface area contributed by atoms with Crippen molar-refractivity contribution in [3.05, 3.63) is 47.5 Å². The van der Waals surface area contributed by atoms with Gasteiger partial charge in [-0.05, 0) is 44.2 Å². The summed E-state index contributed by atoms with van der Waals surface area (Å²) in [5.74, 6) is 0.801. The maximum Gasteiger partial charge on any atom is 0.265 e. The van der Waals surface area contributed by atoms with Crippen molar-refractivity contribution in [1.82, 2.24) is 0 Å². The Bertz CT molecular complexity index is 790. The number of ether oxygens (including phenoxy) is 2. The second-order valence-corrected chi connectivity index (χ2v) is 7.18. The van der Waals surface area contributed by atoms with Gasteiger partial charge in [-0.2, -0.15) is 0 Å². The van der Waals surface area contributed by atoms with E-state index in [0.29, 0.717) is 16.5 Å². The Morgan fingerprint density at radius 2 is 1.87 bits per heavy atom. The third kappa shape index (κ3) is 4.53. The molecule has 2 aromatic rings. The molecule has 0 bridgehead atoms. The van der Waals surface area contributed by atoms with Gasteiger partial charge in [-0.15, -0.1) is 0 Å². The highest BCUT2D eigenvalue weighted by molar-refractivity contribution is 7.92. The zero-order chi connectivity index (χ0) is 17.0. The van der Waals surface area contributed by atoms with Crippen LogP contribution in [0.15, 0.2) is 47.4 Å². The fraction of sp³-hybridized carbons (Fsp3) is 0.250. The van der Waals surface area contributed by atoms with E-state index in [1.165, 1.54) is 19.2 Å². The van der Waals surface area contributed by atoms with Crippen LogP contribution in [0.1, 0.15) is 13.8 Å². The minimum Gasteiger partial charge on any atom is -0.495 e. The van der Waals surface area contributed by atoms with Crippen molar-refractivity contribution in [2.45, 2.75) is 24.8 Å². The molecule has 0 amide bonds. The van der Waals surface area contributed by atoms with Crippen LogP contribution in [0.4, 0.5) is 5.69 Å². The number of benzene rings is 2. The van der Waals surface area contributed by atoms with Crippen LogP contribution < -0.4 is 14.2 Å². The van der Waals surface area contributed by atoms with Gasteiger partial charge in [0.2, 0.25) is 0 Å². The van der Waals surface area contributed by atoms with Crippen LogP contribution in [0.5, 0.6) is 11.5 Å². The molecule has 0 aliphatic rings. The van der Waals surface area contributed by atoms with Crippen LogP contribution >= 0.6 is 11.6 Å². The average molecular weight is 356 g/mol. The Labute approximate surface area is 141 Å². The summed E-state index contributed by atoms with van der Waals surface area (Å²) in [6.07, 6.45) is -0.00474. The van der Waals surface area contributed by atoms with Gasteiger partial charge in [0.1, 0.15) is 16.4 Å². The minimum atomic E-state index is -3.84. The van der Waals surface area contributed by atoms with Gasteiger partial charge in [0.25, 0.3) is 10.0 Å². The Kier molecular flexibility index (Phi) is 5.38. The van der Waals surface area contributed by atoms with Crippen molar-refractivity contribution < 1.29 is 17.9 Å². The zero-order valence-corrected chi connectivity index (χ0v) is 14.6. The van der Waals surface area contributed by atoms with E-state index in [9.17, 15) is 8.42 Å². The predicted octanol–water partition coefficient (Wildman–Crippen LogP) is 3.94. The zero-order valence-electron chi connectivity index (χ0n) is 13.0. The van der Waals surface area contributed by atoms with Crippen molar-refractivity contribution in [2.75, 3.05) is 11.8 Å². The summed E-state index contributed by atoms with van der Waals surface area (Å²) in [6.45, 7) is 3.79. The molecule has 0 atom stereocenters. The van der Waals surface area contributed by atoms with Crippen molar-refractivity contribution >= 4 is 27.3 Å². The van der Waals surface area contributed by atoms with Gasteiger partial charge < -0.3 is 9.47 Å². The molecule has 1 N–H and O–H groups in total. The first-order chi connectivity index (χ1) is 10.8. The lowest BCUT2D eigenvalue weighted by Crippen LogP contribution is -2.14. The Hall–Kier alpha value is -1.92. The van der Waals surface area contributed by atoms with Crippen molar-refractivity contribution in [3.8, 4) is 11.5 Å². The number of hydrogen-bond acceptors (Lipinski definition) is 4. The molecule has 0 aliphatic heterocycles. The summed E-state index contributed by atoms with van der Waals surface area (Å²) in [6, 6.07) is 11.2. The summed E-state index contributed by atoms with van der Waals surface area (Å²) in [5, 5.41) is 0.308. The van der Waals surface area contributed by atoms with Gasteiger partial charge in [0, 0.05) is 11.1 Å². The molecule has 0 saturated carbocycles. The summed E-state index contributed by atoms with van der Waals surface area (Å²) in [4.78, 5) is -0.0253. The maximum atomic E-state index is 12.6. The number of nitrogens with one attached hydrogen (secondary N) is 1. The van der Waals surface area contributed by atoms with Crippen LogP contribution in [0.3, 0.4) is 0 Å². The Balaban J connectivity index is 2.33. The van der Waals surface area contributed by atoms with Crippen LogP contribution in [-0.2, 0) is 10.0 Å². The molecule has 0 heterocycles. The van der Waals surface area contributed by atoms with Gasteiger partial charge in [0.05, 0.1) is 18.9 Å². The first-order valence-corrected chi connectivity index (χ1v) is 8.81. The largest absolute Gasteiger partial charge is 0.495 e. The molecule has 2 aromatic carbocycles. The first kappa shape index (κ1) is 17.4. The highest BCUT2D eigenvalue weighted by Gasteiger charge is 2.20. The van der Waals surface area contributed by atoms with Gasteiger partial charge in [-0.1, -0.05) is 17.7 Å². The molecule has 0 saturated heterocycles. The fourth-order valence-electron chi connectivity index (χ4n) is 1.98. The van der Waals surface area contributed by atoms with Gasteiger partial charge in [0.15, 0.2) is 0 Å². The molecule has 0 radical (unpaired) electrons. The fourth-order valence-corrected chi connectivity index (χ4v) is 3.46. The molecule has 2 rings (SSSR count). The lowest BCUT2D eigenvalue weighted by molar-refractivity contribution is 0.242. The molecular formula is C16H18ClNO4S. The summed E-state index contributed by atoms with van der Waals surface area (Å²) < 4.78 is 38.3. The van der Waals surface area contributed by atoms with E-state index < -0.39 is 10.0 Å². The first-order valence-electron chi connectivity index (χ1n) is 6.95. The van der Waals surface area contributed by atoms with E-state index >= 15 is 0 Å². The third-order valence-corrected chi connectivity index (χ3v) is 4.51. The number of methoxy groups -OCH3 is 1. The van der Waals surface area contributed by atoms with E-state index in [1.807, 2.05) is 13.8 Å². The molecule has 0 fully saturated rings. The number of rotatable bonds is 6. The van der Waals surface area contributed by atoms with Gasteiger partial charge in [-0.25, -0.2) is 8.42 Å². The molecule has 0 aliphatic carbocycles. The normalized spacial score (nSPS) is 11.3. The van der Waals surface area contributed by atoms with Crippen molar-refractivity contribution in [3.63, 3.8) is 0 Å². The van der Waals surface area contributed by atoms with E-state index in [-0.39, 0.29) is 16.7 Å². The second-order valence-electron chi connectivity index (χ2n) is 5.10. The van der Waals surface area contributed by atoms with Crippen molar-refractivity contribution in [1.29, 1.82) is 0 Å². The minimum absolute atomic E-state index is 0.00474. The lowest BCUT2D eigenvalue weighted by atomic mass is 10.3. The SMILES string of the molecule is COc1ccc(Cl)cc1S(=O)(=O)Nc1cccc(OC(C)C)c1. The predicted molar refractivity (Wildman–Crippen MR) is 91.0 cm³/mol. The van der Waals surface area contributed by atoms with E-state index in [0.717, 1.165) is 0 Å². The Morgan fingerprint density at radius 3 is 2.52 bits per heavy atom. The monoisotopic (exact) mass is 355 g/mol. The molecule has 0 aromatic heterocycles. The van der Waals surface area contributed by atoms with E-state index in [2.05, 4.69) is 4.72 Å². The highest BCUT2D eigenvalue weighted by Crippen LogP contribution is 2.29. The molecule has 0 unspecified atom stereocenters. The quantitative estimate of drug-likeness (QED) is 0.852. The van der Waals surface area contributed by atoms with Gasteiger partial charge >= 0.3 is 0 Å². The topological polar surface area (TPSA) is 64.6 Å².